The number of carbonyl (C=O) groups excluding carboxylic acids is 3. The molecule has 3 N–H and O–H groups in total. The molecule has 0 fully saturated rings. The SMILES string of the molecule is C[C@H](Oc1ccc(Cl)cc1)C(=O)O[C@H](C)C(=O)NC(N)=O. The molecule has 7 nitrogen and oxygen atoms in total. The number of ether oxygens (including phenoxy) is 2. The van der Waals surface area contributed by atoms with Gasteiger partial charge in [0.2, 0.25) is 0 Å². The molecule has 0 aliphatic heterocycles. The lowest BCUT2D eigenvalue weighted by Crippen LogP contribution is -2.43. The quantitative estimate of drug-likeness (QED) is 0.795. The van der Waals surface area contributed by atoms with E-state index in [0.29, 0.717) is 10.8 Å². The second kappa shape index (κ2) is 7.49. The van der Waals surface area contributed by atoms with E-state index in [-0.39, 0.29) is 0 Å². The van der Waals surface area contributed by atoms with Gasteiger partial charge in [0.05, 0.1) is 0 Å². The Labute approximate surface area is 126 Å². The topological polar surface area (TPSA) is 108 Å². The molecule has 0 unspecified atom stereocenters. The molecule has 0 aromatic heterocycles. The molecule has 1 aromatic carbocycles. The Morgan fingerprint density at radius 2 is 1.71 bits per heavy atom. The van der Waals surface area contributed by atoms with Gasteiger partial charge in [0.1, 0.15) is 5.75 Å². The van der Waals surface area contributed by atoms with E-state index in [1.165, 1.54) is 13.8 Å². The highest BCUT2D eigenvalue weighted by atomic mass is 35.5. The molecule has 0 saturated carbocycles. The first kappa shape index (κ1) is 16.8. The van der Waals surface area contributed by atoms with E-state index in [9.17, 15) is 14.4 Å². The lowest BCUT2D eigenvalue weighted by molar-refractivity contribution is -0.160. The number of nitrogens with two attached hydrogens (primary N) is 1. The molecule has 0 aliphatic rings. The molecule has 8 heteroatoms. The molecule has 1 rings (SSSR count). The van der Waals surface area contributed by atoms with E-state index in [2.05, 4.69) is 0 Å². The van der Waals surface area contributed by atoms with Gasteiger partial charge in [-0.25, -0.2) is 9.59 Å². The van der Waals surface area contributed by atoms with Crippen molar-refractivity contribution in [2.24, 2.45) is 5.73 Å². The first-order valence-electron chi connectivity index (χ1n) is 6.02. The van der Waals surface area contributed by atoms with Gasteiger partial charge in [-0.15, -0.1) is 0 Å². The number of urea groups is 1. The van der Waals surface area contributed by atoms with Crippen LogP contribution < -0.4 is 15.8 Å². The van der Waals surface area contributed by atoms with Crippen molar-refractivity contribution < 1.29 is 23.9 Å². The van der Waals surface area contributed by atoms with Gasteiger partial charge in [-0.1, -0.05) is 11.6 Å². The molecule has 0 radical (unpaired) electrons. The Kier molecular flexibility index (Phi) is 5.98. The van der Waals surface area contributed by atoms with Crippen LogP contribution in [0.2, 0.25) is 5.02 Å². The maximum Gasteiger partial charge on any atom is 0.347 e. The zero-order valence-electron chi connectivity index (χ0n) is 11.5. The average Bonchev–Trinajstić information content (AvgIpc) is 2.40. The molecule has 0 heterocycles. The maximum absolute atomic E-state index is 11.7. The molecule has 21 heavy (non-hydrogen) atoms. The number of halogens is 1. The number of imide groups is 1. The summed E-state index contributed by atoms with van der Waals surface area (Å²) in [5.41, 5.74) is 4.79. The van der Waals surface area contributed by atoms with Gasteiger partial charge in [0, 0.05) is 5.02 Å². The molecule has 1 aromatic rings. The highest BCUT2D eigenvalue weighted by Crippen LogP contribution is 2.17. The van der Waals surface area contributed by atoms with Crippen molar-refractivity contribution in [3.05, 3.63) is 29.3 Å². The smallest absolute Gasteiger partial charge is 0.347 e. The van der Waals surface area contributed by atoms with Crippen molar-refractivity contribution in [3.8, 4) is 5.75 Å². The van der Waals surface area contributed by atoms with Crippen molar-refractivity contribution in [2.45, 2.75) is 26.1 Å². The summed E-state index contributed by atoms with van der Waals surface area (Å²) >= 11 is 5.73. The van der Waals surface area contributed by atoms with Crippen LogP contribution in [-0.4, -0.2) is 30.1 Å². The standard InChI is InChI=1S/C13H15ClN2O5/c1-7(11(17)16-13(15)19)21-12(18)8(2)20-10-5-3-9(14)4-6-10/h3-8H,1-2H3,(H3,15,16,17,19)/t7-,8+/m1/s1. The van der Waals surface area contributed by atoms with Crippen molar-refractivity contribution >= 4 is 29.5 Å². The van der Waals surface area contributed by atoms with Crippen molar-refractivity contribution in [3.63, 3.8) is 0 Å². The Hall–Kier alpha value is -2.28. The predicted molar refractivity (Wildman–Crippen MR) is 74.8 cm³/mol. The average molecular weight is 315 g/mol. The van der Waals surface area contributed by atoms with Crippen LogP contribution in [0, 0.1) is 0 Å². The summed E-state index contributed by atoms with van der Waals surface area (Å²) in [6.07, 6.45) is -2.10. The van der Waals surface area contributed by atoms with Gasteiger partial charge in [-0.2, -0.15) is 0 Å². The fourth-order valence-corrected chi connectivity index (χ4v) is 1.44. The third-order valence-corrected chi connectivity index (χ3v) is 2.62. The second-order valence-corrected chi connectivity index (χ2v) is 4.58. The summed E-state index contributed by atoms with van der Waals surface area (Å²) < 4.78 is 10.2. The monoisotopic (exact) mass is 314 g/mol. The molecular formula is C13H15ClN2O5. The number of rotatable bonds is 5. The highest BCUT2D eigenvalue weighted by Gasteiger charge is 2.23. The summed E-state index contributed by atoms with van der Waals surface area (Å²) in [6.45, 7) is 2.78. The molecule has 2 atom stereocenters. The van der Waals surface area contributed by atoms with Crippen LogP contribution in [0.3, 0.4) is 0 Å². The van der Waals surface area contributed by atoms with E-state index < -0.39 is 30.1 Å². The van der Waals surface area contributed by atoms with Crippen LogP contribution in [0.5, 0.6) is 5.75 Å². The van der Waals surface area contributed by atoms with Crippen LogP contribution >= 0.6 is 11.6 Å². The van der Waals surface area contributed by atoms with E-state index in [4.69, 9.17) is 26.8 Å². The number of amides is 3. The Bertz CT molecular complexity index is 532. The third-order valence-electron chi connectivity index (χ3n) is 2.37. The predicted octanol–water partition coefficient (Wildman–Crippen LogP) is 1.23. The van der Waals surface area contributed by atoms with E-state index in [1.54, 1.807) is 24.3 Å². The normalized spacial score (nSPS) is 12.9. The van der Waals surface area contributed by atoms with Crippen LogP contribution in [-0.2, 0) is 14.3 Å². The summed E-state index contributed by atoms with van der Waals surface area (Å²) in [7, 11) is 0. The number of carbonyl (C=O) groups is 3. The molecule has 114 valence electrons. The van der Waals surface area contributed by atoms with Gasteiger partial charge in [0.25, 0.3) is 5.91 Å². The van der Waals surface area contributed by atoms with Gasteiger partial charge in [0.15, 0.2) is 12.2 Å². The van der Waals surface area contributed by atoms with Crippen LogP contribution in [0.1, 0.15) is 13.8 Å². The first-order valence-corrected chi connectivity index (χ1v) is 6.40. The lowest BCUT2D eigenvalue weighted by Gasteiger charge is -2.17. The third kappa shape index (κ3) is 5.70. The first-order chi connectivity index (χ1) is 9.79. The van der Waals surface area contributed by atoms with Gasteiger partial charge >= 0.3 is 12.0 Å². The summed E-state index contributed by atoms with van der Waals surface area (Å²) in [4.78, 5) is 33.6. The number of nitrogens with one attached hydrogen (secondary N) is 1. The highest BCUT2D eigenvalue weighted by molar-refractivity contribution is 6.30. The summed E-state index contributed by atoms with van der Waals surface area (Å²) in [5.74, 6) is -1.13. The fourth-order valence-electron chi connectivity index (χ4n) is 1.31. The zero-order valence-corrected chi connectivity index (χ0v) is 12.2. The van der Waals surface area contributed by atoms with Crippen LogP contribution in [0.4, 0.5) is 4.79 Å². The van der Waals surface area contributed by atoms with Crippen molar-refractivity contribution in [1.29, 1.82) is 0 Å². The minimum Gasteiger partial charge on any atom is -0.479 e. The molecular weight excluding hydrogens is 300 g/mol. The minimum absolute atomic E-state index is 0.429. The second-order valence-electron chi connectivity index (χ2n) is 4.15. The number of benzene rings is 1. The summed E-state index contributed by atoms with van der Waals surface area (Å²) in [6, 6.07) is 5.38. The Balaban J connectivity index is 2.52. The van der Waals surface area contributed by atoms with Crippen LogP contribution in [0.15, 0.2) is 24.3 Å². The van der Waals surface area contributed by atoms with E-state index >= 15 is 0 Å². The molecule has 0 saturated heterocycles. The molecule has 0 spiro atoms. The number of hydrogen-bond acceptors (Lipinski definition) is 5. The summed E-state index contributed by atoms with van der Waals surface area (Å²) in [5, 5.41) is 2.35. The Morgan fingerprint density at radius 3 is 2.24 bits per heavy atom. The number of primary amides is 1. The van der Waals surface area contributed by atoms with E-state index in [1.807, 2.05) is 5.32 Å². The zero-order chi connectivity index (χ0) is 16.0. The van der Waals surface area contributed by atoms with Crippen LogP contribution in [0.25, 0.3) is 0 Å². The van der Waals surface area contributed by atoms with E-state index in [0.717, 1.165) is 0 Å². The largest absolute Gasteiger partial charge is 0.479 e. The maximum atomic E-state index is 11.7. The minimum atomic E-state index is -1.17. The number of esters is 1. The fraction of sp³-hybridized carbons (Fsp3) is 0.308. The molecule has 0 bridgehead atoms. The lowest BCUT2D eigenvalue weighted by atomic mass is 10.3. The van der Waals surface area contributed by atoms with Gasteiger partial charge < -0.3 is 15.2 Å². The molecule has 3 amide bonds. The Morgan fingerprint density at radius 1 is 1.14 bits per heavy atom. The number of hydrogen-bond donors (Lipinski definition) is 2. The molecule has 0 aliphatic carbocycles. The van der Waals surface area contributed by atoms with Crippen molar-refractivity contribution in [1.82, 2.24) is 5.32 Å². The van der Waals surface area contributed by atoms with Gasteiger partial charge in [-0.05, 0) is 38.1 Å². The van der Waals surface area contributed by atoms with Gasteiger partial charge in [-0.3, -0.25) is 10.1 Å². The van der Waals surface area contributed by atoms with Crippen molar-refractivity contribution in [2.75, 3.05) is 0 Å².